The topological polar surface area (TPSA) is 92.4 Å². The van der Waals surface area contributed by atoms with Crippen LogP contribution in [0.25, 0.3) is 0 Å². The van der Waals surface area contributed by atoms with E-state index in [0.29, 0.717) is 12.8 Å². The van der Waals surface area contributed by atoms with Gasteiger partial charge >= 0.3 is 5.97 Å². The van der Waals surface area contributed by atoms with Crippen LogP contribution < -0.4 is 11.1 Å². The van der Waals surface area contributed by atoms with Gasteiger partial charge in [-0.05, 0) is 25.0 Å². The molecule has 5 nitrogen and oxygen atoms in total. The quantitative estimate of drug-likeness (QED) is 0.762. The molecule has 0 unspecified atom stereocenters. The first-order valence-electron chi connectivity index (χ1n) is 5.06. The molecular formula is C11H11ClN2O3. The summed E-state index contributed by atoms with van der Waals surface area (Å²) in [5.41, 5.74) is 4.91. The number of anilines is 1. The first-order valence-corrected chi connectivity index (χ1v) is 5.44. The van der Waals surface area contributed by atoms with Gasteiger partial charge in [0.05, 0.1) is 16.2 Å². The van der Waals surface area contributed by atoms with Crippen molar-refractivity contribution in [3.8, 4) is 0 Å². The van der Waals surface area contributed by atoms with Crippen molar-refractivity contribution < 1.29 is 14.7 Å². The summed E-state index contributed by atoms with van der Waals surface area (Å²) in [5, 5.41) is 11.6. The highest BCUT2D eigenvalue weighted by Gasteiger charge is 2.46. The molecule has 1 fully saturated rings. The maximum atomic E-state index is 11.7. The van der Waals surface area contributed by atoms with Crippen LogP contribution >= 0.6 is 11.6 Å². The Bertz CT molecular complexity index is 497. The van der Waals surface area contributed by atoms with Crippen molar-refractivity contribution in [2.24, 2.45) is 5.73 Å². The summed E-state index contributed by atoms with van der Waals surface area (Å²) in [6, 6.07) is 4.51. The summed E-state index contributed by atoms with van der Waals surface area (Å²) < 4.78 is 0. The van der Waals surface area contributed by atoms with E-state index in [-0.39, 0.29) is 22.2 Å². The number of nitrogens with two attached hydrogens (primary N) is 1. The number of carboxylic acids is 1. The number of halogens is 1. The van der Waals surface area contributed by atoms with Gasteiger partial charge in [0.2, 0.25) is 5.91 Å². The lowest BCUT2D eigenvalue weighted by molar-refractivity contribution is -0.118. The van der Waals surface area contributed by atoms with Gasteiger partial charge in [-0.15, -0.1) is 0 Å². The van der Waals surface area contributed by atoms with Crippen molar-refractivity contribution in [2.45, 2.75) is 18.4 Å². The predicted molar refractivity (Wildman–Crippen MR) is 63.2 cm³/mol. The molecule has 1 aliphatic rings. The Morgan fingerprint density at radius 1 is 1.41 bits per heavy atom. The SMILES string of the molecule is NC1(C(=O)Nc2cccc(Cl)c2C(=O)O)CC1. The van der Waals surface area contributed by atoms with Crippen LogP contribution in [-0.2, 0) is 4.79 Å². The molecule has 1 aromatic rings. The van der Waals surface area contributed by atoms with E-state index in [9.17, 15) is 9.59 Å². The highest BCUT2D eigenvalue weighted by Crippen LogP contribution is 2.34. The first-order chi connectivity index (χ1) is 7.94. The fourth-order valence-electron chi connectivity index (χ4n) is 1.45. The minimum atomic E-state index is -1.19. The number of carboxylic acid groups (broad SMARTS) is 1. The zero-order valence-electron chi connectivity index (χ0n) is 8.87. The summed E-state index contributed by atoms with van der Waals surface area (Å²) in [4.78, 5) is 22.7. The summed E-state index contributed by atoms with van der Waals surface area (Å²) in [6.07, 6.45) is 1.23. The normalized spacial score (nSPS) is 16.4. The largest absolute Gasteiger partial charge is 0.478 e. The van der Waals surface area contributed by atoms with Crippen LogP contribution in [0.5, 0.6) is 0 Å². The molecule has 4 N–H and O–H groups in total. The van der Waals surface area contributed by atoms with E-state index >= 15 is 0 Å². The molecule has 1 saturated carbocycles. The smallest absolute Gasteiger partial charge is 0.339 e. The summed E-state index contributed by atoms with van der Waals surface area (Å²) in [7, 11) is 0. The molecular weight excluding hydrogens is 244 g/mol. The Kier molecular flexibility index (Phi) is 2.81. The Labute approximate surface area is 103 Å². The van der Waals surface area contributed by atoms with Crippen LogP contribution in [0.4, 0.5) is 5.69 Å². The van der Waals surface area contributed by atoms with E-state index in [1.807, 2.05) is 0 Å². The van der Waals surface area contributed by atoms with Gasteiger partial charge in [-0.1, -0.05) is 17.7 Å². The van der Waals surface area contributed by atoms with Gasteiger partial charge in [0, 0.05) is 0 Å². The number of nitrogens with one attached hydrogen (secondary N) is 1. The van der Waals surface area contributed by atoms with Gasteiger partial charge in [0.15, 0.2) is 0 Å². The molecule has 0 aromatic heterocycles. The third kappa shape index (κ3) is 2.25. The minimum Gasteiger partial charge on any atom is -0.478 e. The van der Waals surface area contributed by atoms with Gasteiger partial charge in [-0.25, -0.2) is 4.79 Å². The monoisotopic (exact) mass is 254 g/mol. The highest BCUT2D eigenvalue weighted by molar-refractivity contribution is 6.34. The lowest BCUT2D eigenvalue weighted by Crippen LogP contribution is -2.38. The zero-order chi connectivity index (χ0) is 12.6. The van der Waals surface area contributed by atoms with Crippen molar-refractivity contribution in [2.75, 3.05) is 5.32 Å². The second-order valence-electron chi connectivity index (χ2n) is 4.08. The molecule has 0 spiro atoms. The summed E-state index contributed by atoms with van der Waals surface area (Å²) in [6.45, 7) is 0. The molecule has 1 aliphatic carbocycles. The van der Waals surface area contributed by atoms with Gasteiger partial charge in [-0.3, -0.25) is 4.79 Å². The molecule has 1 aromatic carbocycles. The van der Waals surface area contributed by atoms with E-state index < -0.39 is 11.5 Å². The van der Waals surface area contributed by atoms with Gasteiger partial charge in [0.25, 0.3) is 0 Å². The van der Waals surface area contributed by atoms with E-state index in [2.05, 4.69) is 5.32 Å². The van der Waals surface area contributed by atoms with Crippen molar-refractivity contribution in [3.05, 3.63) is 28.8 Å². The highest BCUT2D eigenvalue weighted by atomic mass is 35.5. The molecule has 0 bridgehead atoms. The molecule has 0 atom stereocenters. The Hall–Kier alpha value is -1.59. The fraction of sp³-hybridized carbons (Fsp3) is 0.273. The number of rotatable bonds is 3. The molecule has 1 amide bonds. The molecule has 90 valence electrons. The predicted octanol–water partition coefficient (Wildman–Crippen LogP) is 1.47. The van der Waals surface area contributed by atoms with Crippen LogP contribution in [0.2, 0.25) is 5.02 Å². The number of hydrogen-bond acceptors (Lipinski definition) is 3. The number of amides is 1. The minimum absolute atomic E-state index is 0.0807. The molecule has 0 radical (unpaired) electrons. The molecule has 17 heavy (non-hydrogen) atoms. The second kappa shape index (κ2) is 4.01. The number of carbonyl (C=O) groups is 2. The van der Waals surface area contributed by atoms with Gasteiger partial charge < -0.3 is 16.2 Å². The van der Waals surface area contributed by atoms with Crippen molar-refractivity contribution in [3.63, 3.8) is 0 Å². The van der Waals surface area contributed by atoms with E-state index in [1.54, 1.807) is 6.07 Å². The standard InChI is InChI=1S/C11H11ClN2O3/c12-6-2-1-3-7(8(6)9(15)16)14-10(17)11(13)4-5-11/h1-3H,4-5,13H2,(H,14,17)(H,15,16). The van der Waals surface area contributed by atoms with E-state index in [4.69, 9.17) is 22.4 Å². The summed E-state index contributed by atoms with van der Waals surface area (Å²) in [5.74, 6) is -1.56. The molecule has 6 heteroatoms. The molecule has 2 rings (SSSR count). The van der Waals surface area contributed by atoms with Crippen molar-refractivity contribution in [1.29, 1.82) is 0 Å². The molecule has 0 saturated heterocycles. The number of hydrogen-bond donors (Lipinski definition) is 3. The van der Waals surface area contributed by atoms with Crippen LogP contribution in [0.1, 0.15) is 23.2 Å². The molecule has 0 aliphatic heterocycles. The van der Waals surface area contributed by atoms with Crippen LogP contribution in [0.15, 0.2) is 18.2 Å². The first kappa shape index (κ1) is 11.9. The Morgan fingerprint density at radius 3 is 2.59 bits per heavy atom. The fourth-order valence-corrected chi connectivity index (χ4v) is 1.71. The zero-order valence-corrected chi connectivity index (χ0v) is 9.62. The third-order valence-electron chi connectivity index (χ3n) is 2.72. The number of benzene rings is 1. The maximum Gasteiger partial charge on any atom is 0.339 e. The Morgan fingerprint density at radius 2 is 2.06 bits per heavy atom. The van der Waals surface area contributed by atoms with Crippen LogP contribution in [0, 0.1) is 0 Å². The van der Waals surface area contributed by atoms with Crippen LogP contribution in [0.3, 0.4) is 0 Å². The second-order valence-corrected chi connectivity index (χ2v) is 4.49. The maximum absolute atomic E-state index is 11.7. The van der Waals surface area contributed by atoms with Crippen molar-refractivity contribution >= 4 is 29.2 Å². The van der Waals surface area contributed by atoms with Crippen LogP contribution in [-0.4, -0.2) is 22.5 Å². The lowest BCUT2D eigenvalue weighted by atomic mass is 10.1. The lowest BCUT2D eigenvalue weighted by Gasteiger charge is -2.12. The van der Waals surface area contributed by atoms with Gasteiger partial charge in [0.1, 0.15) is 5.56 Å². The Balaban J connectivity index is 2.29. The van der Waals surface area contributed by atoms with Gasteiger partial charge in [-0.2, -0.15) is 0 Å². The average molecular weight is 255 g/mol. The summed E-state index contributed by atoms with van der Waals surface area (Å²) >= 11 is 5.77. The number of carbonyl (C=O) groups excluding carboxylic acids is 1. The third-order valence-corrected chi connectivity index (χ3v) is 3.03. The molecule has 0 heterocycles. The van der Waals surface area contributed by atoms with E-state index in [1.165, 1.54) is 12.1 Å². The average Bonchev–Trinajstić information content (AvgIpc) is 2.97. The number of aromatic carboxylic acids is 1. The van der Waals surface area contributed by atoms with Crippen molar-refractivity contribution in [1.82, 2.24) is 0 Å². The van der Waals surface area contributed by atoms with E-state index in [0.717, 1.165) is 0 Å².